The van der Waals surface area contributed by atoms with E-state index >= 15 is 0 Å². The van der Waals surface area contributed by atoms with Gasteiger partial charge >= 0.3 is 0 Å². The van der Waals surface area contributed by atoms with Crippen molar-refractivity contribution >= 4 is 29.1 Å². The van der Waals surface area contributed by atoms with Gasteiger partial charge in [-0.25, -0.2) is 0 Å². The van der Waals surface area contributed by atoms with E-state index < -0.39 is 0 Å². The highest BCUT2D eigenvalue weighted by Crippen LogP contribution is 2.11. The Morgan fingerprint density at radius 2 is 2.00 bits per heavy atom. The molecule has 3 heteroatoms. The lowest BCUT2D eigenvalue weighted by atomic mass is 10.2. The van der Waals surface area contributed by atoms with Crippen molar-refractivity contribution < 1.29 is 4.79 Å². The highest BCUT2D eigenvalue weighted by molar-refractivity contribution is 7.99. The van der Waals surface area contributed by atoms with E-state index in [1.54, 1.807) is 11.8 Å². The molecule has 0 aromatic heterocycles. The molecule has 0 N–H and O–H groups in total. The number of alkyl halides is 1. The van der Waals surface area contributed by atoms with Crippen LogP contribution in [0.15, 0.2) is 30.3 Å². The summed E-state index contributed by atoms with van der Waals surface area (Å²) in [6.45, 7) is 0. The maximum Gasteiger partial charge on any atom is 0.157 e. The number of hydrogen-bond donors (Lipinski definition) is 0. The fraction of sp³-hybridized carbons (Fsp3) is 0.300. The first-order valence-electron chi connectivity index (χ1n) is 4.02. The number of hydrogen-bond acceptors (Lipinski definition) is 2. The molecule has 0 amide bonds. The van der Waals surface area contributed by atoms with Gasteiger partial charge in [-0.15, -0.1) is 23.4 Å². The van der Waals surface area contributed by atoms with E-state index in [9.17, 15) is 4.79 Å². The second-order valence-corrected chi connectivity index (χ2v) is 3.90. The first-order valence-corrected chi connectivity index (χ1v) is 5.71. The van der Waals surface area contributed by atoms with Crippen LogP contribution >= 0.6 is 23.4 Å². The SMILES string of the molecule is O=C(CCl)CSCc1ccccc1. The molecule has 1 aromatic carbocycles. The zero-order valence-electron chi connectivity index (χ0n) is 7.20. The molecule has 0 saturated carbocycles. The van der Waals surface area contributed by atoms with Gasteiger partial charge in [-0.05, 0) is 5.56 Å². The molecular weight excluding hydrogens is 204 g/mol. The fourth-order valence-corrected chi connectivity index (χ4v) is 1.96. The molecule has 0 radical (unpaired) electrons. The quantitative estimate of drug-likeness (QED) is 0.702. The van der Waals surface area contributed by atoms with E-state index in [2.05, 4.69) is 12.1 Å². The van der Waals surface area contributed by atoms with Crippen LogP contribution in [-0.4, -0.2) is 17.4 Å². The fourth-order valence-electron chi connectivity index (χ4n) is 0.896. The van der Waals surface area contributed by atoms with Crippen molar-refractivity contribution in [1.29, 1.82) is 0 Å². The molecule has 0 aliphatic rings. The third kappa shape index (κ3) is 4.34. The van der Waals surface area contributed by atoms with Crippen LogP contribution in [0.5, 0.6) is 0 Å². The molecule has 70 valence electrons. The Hall–Kier alpha value is -0.470. The topological polar surface area (TPSA) is 17.1 Å². The van der Waals surface area contributed by atoms with Crippen molar-refractivity contribution in [3.63, 3.8) is 0 Å². The highest BCUT2D eigenvalue weighted by atomic mass is 35.5. The van der Waals surface area contributed by atoms with Gasteiger partial charge in [0.05, 0.1) is 11.6 Å². The minimum atomic E-state index is 0.0996. The van der Waals surface area contributed by atoms with Gasteiger partial charge in [-0.3, -0.25) is 4.79 Å². The molecule has 0 aliphatic carbocycles. The first kappa shape index (κ1) is 10.6. The van der Waals surface area contributed by atoms with Crippen LogP contribution in [0, 0.1) is 0 Å². The summed E-state index contributed by atoms with van der Waals surface area (Å²) in [6, 6.07) is 10.1. The van der Waals surface area contributed by atoms with Crippen molar-refractivity contribution in [3.05, 3.63) is 35.9 Å². The number of carbonyl (C=O) groups is 1. The van der Waals surface area contributed by atoms with Gasteiger partial charge in [0, 0.05) is 5.75 Å². The van der Waals surface area contributed by atoms with Crippen molar-refractivity contribution in [1.82, 2.24) is 0 Å². The molecule has 0 aliphatic heterocycles. The molecule has 0 unspecified atom stereocenters. The lowest BCUT2D eigenvalue weighted by Gasteiger charge is -1.99. The summed E-state index contributed by atoms with van der Waals surface area (Å²) in [5, 5.41) is 0. The maximum atomic E-state index is 10.8. The van der Waals surface area contributed by atoms with Gasteiger partial charge in [0.25, 0.3) is 0 Å². The van der Waals surface area contributed by atoms with Crippen molar-refractivity contribution in [2.75, 3.05) is 11.6 Å². The van der Waals surface area contributed by atoms with E-state index in [1.807, 2.05) is 18.2 Å². The minimum Gasteiger partial charge on any atom is -0.297 e. The van der Waals surface area contributed by atoms with Crippen molar-refractivity contribution in [3.8, 4) is 0 Å². The summed E-state index contributed by atoms with van der Waals surface area (Å²) >= 11 is 6.98. The Morgan fingerprint density at radius 1 is 1.31 bits per heavy atom. The first-order chi connectivity index (χ1) is 6.33. The number of halogens is 1. The lowest BCUT2D eigenvalue weighted by Crippen LogP contribution is -2.02. The molecule has 0 bridgehead atoms. The van der Waals surface area contributed by atoms with E-state index in [0.29, 0.717) is 5.75 Å². The number of carbonyl (C=O) groups excluding carboxylic acids is 1. The van der Waals surface area contributed by atoms with Crippen LogP contribution in [0.25, 0.3) is 0 Å². The Kier molecular flexibility index (Phi) is 4.94. The van der Waals surface area contributed by atoms with Crippen molar-refractivity contribution in [2.24, 2.45) is 0 Å². The third-order valence-corrected chi connectivity index (χ3v) is 2.89. The highest BCUT2D eigenvalue weighted by Gasteiger charge is 1.99. The van der Waals surface area contributed by atoms with E-state index in [-0.39, 0.29) is 11.7 Å². The summed E-state index contributed by atoms with van der Waals surface area (Å²) in [7, 11) is 0. The summed E-state index contributed by atoms with van der Waals surface area (Å²) < 4.78 is 0. The average molecular weight is 215 g/mol. The van der Waals surface area contributed by atoms with Crippen LogP contribution in [-0.2, 0) is 10.5 Å². The van der Waals surface area contributed by atoms with Crippen LogP contribution in [0.3, 0.4) is 0 Å². The molecule has 0 fully saturated rings. The summed E-state index contributed by atoms with van der Waals surface area (Å²) in [5.74, 6) is 1.62. The second kappa shape index (κ2) is 6.06. The van der Waals surface area contributed by atoms with Gasteiger partial charge in [0.1, 0.15) is 0 Å². The normalized spacial score (nSPS) is 9.92. The largest absolute Gasteiger partial charge is 0.297 e. The summed E-state index contributed by atoms with van der Waals surface area (Å²) in [6.07, 6.45) is 0. The molecule has 0 heterocycles. The Bertz CT molecular complexity index is 261. The van der Waals surface area contributed by atoms with E-state index in [4.69, 9.17) is 11.6 Å². The average Bonchev–Trinajstić information content (AvgIpc) is 2.19. The van der Waals surface area contributed by atoms with Gasteiger partial charge in [0.15, 0.2) is 5.78 Å². The predicted molar refractivity (Wildman–Crippen MR) is 58.3 cm³/mol. The molecule has 0 atom stereocenters. The molecule has 13 heavy (non-hydrogen) atoms. The van der Waals surface area contributed by atoms with Gasteiger partial charge in [0.2, 0.25) is 0 Å². The zero-order valence-corrected chi connectivity index (χ0v) is 8.77. The number of ketones is 1. The van der Waals surface area contributed by atoms with Crippen LogP contribution < -0.4 is 0 Å². The van der Waals surface area contributed by atoms with Crippen LogP contribution in [0.1, 0.15) is 5.56 Å². The van der Waals surface area contributed by atoms with E-state index in [1.165, 1.54) is 5.56 Å². The monoisotopic (exact) mass is 214 g/mol. The van der Waals surface area contributed by atoms with Crippen molar-refractivity contribution in [2.45, 2.75) is 5.75 Å². The van der Waals surface area contributed by atoms with Gasteiger partial charge in [-0.1, -0.05) is 30.3 Å². The van der Waals surface area contributed by atoms with Gasteiger partial charge < -0.3 is 0 Å². The maximum absolute atomic E-state index is 10.8. The Morgan fingerprint density at radius 3 is 2.62 bits per heavy atom. The summed E-state index contributed by atoms with van der Waals surface area (Å²) in [5.41, 5.74) is 1.25. The van der Waals surface area contributed by atoms with Crippen LogP contribution in [0.2, 0.25) is 0 Å². The second-order valence-electron chi connectivity index (χ2n) is 2.65. The Balaban J connectivity index is 2.24. The number of benzene rings is 1. The summed E-state index contributed by atoms with van der Waals surface area (Å²) in [4.78, 5) is 10.8. The number of thioether (sulfide) groups is 1. The Labute approximate surface area is 87.5 Å². The standard InChI is InChI=1S/C10H11ClOS/c11-6-10(12)8-13-7-9-4-2-1-3-5-9/h1-5H,6-8H2. The zero-order chi connectivity index (χ0) is 9.52. The lowest BCUT2D eigenvalue weighted by molar-refractivity contribution is -0.114. The van der Waals surface area contributed by atoms with E-state index in [0.717, 1.165) is 5.75 Å². The molecule has 1 nitrogen and oxygen atoms in total. The molecule has 0 spiro atoms. The van der Waals surface area contributed by atoms with Gasteiger partial charge in [-0.2, -0.15) is 0 Å². The predicted octanol–water partition coefficient (Wildman–Crippen LogP) is 2.73. The third-order valence-electron chi connectivity index (χ3n) is 1.52. The molecule has 1 rings (SSSR count). The minimum absolute atomic E-state index is 0.0996. The molecular formula is C10H11ClOS. The molecule has 1 aromatic rings. The molecule has 0 saturated heterocycles. The number of rotatable bonds is 5. The van der Waals surface area contributed by atoms with Crippen LogP contribution in [0.4, 0.5) is 0 Å². The smallest absolute Gasteiger partial charge is 0.157 e. The number of Topliss-reactive ketones (excluding diaryl/α,β-unsaturated/α-hetero) is 1.